The number of fused-ring (bicyclic) bond motifs is 1. The number of amides is 1. The van der Waals surface area contributed by atoms with Crippen LogP contribution in [-0.2, 0) is 11.0 Å². The van der Waals surface area contributed by atoms with E-state index in [1.54, 1.807) is 0 Å². The molecule has 6 nitrogen and oxygen atoms in total. The van der Waals surface area contributed by atoms with Crippen molar-refractivity contribution in [2.24, 2.45) is 0 Å². The Morgan fingerprint density at radius 2 is 1.71 bits per heavy atom. The van der Waals surface area contributed by atoms with Gasteiger partial charge in [-0.25, -0.2) is 4.98 Å². The van der Waals surface area contributed by atoms with Crippen LogP contribution in [0.1, 0.15) is 36.8 Å². The van der Waals surface area contributed by atoms with Crippen LogP contribution in [0.2, 0.25) is 0 Å². The number of nitrogens with one attached hydrogen (secondary N) is 2. The fourth-order valence-corrected chi connectivity index (χ4v) is 4.27. The summed E-state index contributed by atoms with van der Waals surface area (Å²) < 4.78 is 38.6. The van der Waals surface area contributed by atoms with E-state index in [0.29, 0.717) is 11.5 Å². The van der Waals surface area contributed by atoms with Gasteiger partial charge in [0.25, 0.3) is 0 Å². The molecule has 1 aliphatic carbocycles. The molecule has 1 heterocycles. The number of alkyl halides is 3. The Labute approximate surface area is 202 Å². The highest BCUT2D eigenvalue weighted by molar-refractivity contribution is 5.92. The third-order valence-electron chi connectivity index (χ3n) is 6.05. The van der Waals surface area contributed by atoms with Crippen molar-refractivity contribution < 1.29 is 18.0 Å². The minimum absolute atomic E-state index is 0.0153. The first-order chi connectivity index (χ1) is 16.7. The van der Waals surface area contributed by atoms with Gasteiger partial charge in [-0.2, -0.15) is 18.2 Å². The van der Waals surface area contributed by atoms with Crippen LogP contribution < -0.4 is 15.5 Å². The molecule has 0 unspecified atom stereocenters. The molecule has 9 heteroatoms. The van der Waals surface area contributed by atoms with E-state index in [2.05, 4.69) is 15.6 Å². The van der Waals surface area contributed by atoms with Crippen molar-refractivity contribution in [3.05, 3.63) is 65.7 Å². The van der Waals surface area contributed by atoms with Gasteiger partial charge in [-0.05, 0) is 61.6 Å². The summed E-state index contributed by atoms with van der Waals surface area (Å²) in [4.78, 5) is 23.6. The molecule has 0 radical (unpaired) electrons. The summed E-state index contributed by atoms with van der Waals surface area (Å²) in [5.41, 5.74) is 0.469. The summed E-state index contributed by atoms with van der Waals surface area (Å²) in [6, 6.07) is 13.0. The van der Waals surface area contributed by atoms with E-state index in [1.165, 1.54) is 24.3 Å². The Morgan fingerprint density at radius 1 is 1.00 bits per heavy atom. The number of aromatic nitrogens is 2. The van der Waals surface area contributed by atoms with Crippen molar-refractivity contribution in [3.8, 4) is 0 Å². The van der Waals surface area contributed by atoms with E-state index in [9.17, 15) is 18.0 Å². The summed E-state index contributed by atoms with van der Waals surface area (Å²) in [5, 5.41) is 7.38. The fraction of sp³-hybridized carbons (Fsp3) is 0.346. The highest BCUT2D eigenvalue weighted by Crippen LogP contribution is 2.30. The number of hydrogen-bond acceptors (Lipinski definition) is 5. The van der Waals surface area contributed by atoms with Crippen molar-refractivity contribution in [2.75, 3.05) is 24.3 Å². The minimum Gasteiger partial charge on any atom is -0.362 e. The second-order valence-corrected chi connectivity index (χ2v) is 8.94. The molecule has 1 fully saturated rings. The molecule has 0 spiro atoms. The Morgan fingerprint density at radius 3 is 2.43 bits per heavy atom. The van der Waals surface area contributed by atoms with E-state index in [0.717, 1.165) is 54.5 Å². The molecule has 4 rings (SSSR count). The van der Waals surface area contributed by atoms with Crippen LogP contribution in [0.3, 0.4) is 0 Å². The third-order valence-corrected chi connectivity index (χ3v) is 6.05. The zero-order chi connectivity index (χ0) is 25.0. The molecule has 3 aromatic rings. The molecule has 2 aromatic carbocycles. The molecule has 1 amide bonds. The molecule has 184 valence electrons. The van der Waals surface area contributed by atoms with E-state index < -0.39 is 11.7 Å². The summed E-state index contributed by atoms with van der Waals surface area (Å²) in [6.45, 7) is 0. The van der Waals surface area contributed by atoms with E-state index in [4.69, 9.17) is 4.98 Å². The van der Waals surface area contributed by atoms with Crippen LogP contribution in [0.15, 0.2) is 54.6 Å². The summed E-state index contributed by atoms with van der Waals surface area (Å²) in [6.07, 6.45) is 1.53. The molecule has 2 N–H and O–H groups in total. The van der Waals surface area contributed by atoms with Crippen molar-refractivity contribution >= 4 is 34.7 Å². The summed E-state index contributed by atoms with van der Waals surface area (Å²) in [7, 11) is 3.90. The largest absolute Gasteiger partial charge is 0.416 e. The second-order valence-electron chi connectivity index (χ2n) is 8.94. The van der Waals surface area contributed by atoms with Crippen LogP contribution in [0.5, 0.6) is 0 Å². The van der Waals surface area contributed by atoms with Crippen LogP contribution in [-0.4, -0.2) is 42.1 Å². The van der Waals surface area contributed by atoms with Crippen LogP contribution in [0.25, 0.3) is 17.0 Å². The van der Waals surface area contributed by atoms with Gasteiger partial charge in [-0.1, -0.05) is 24.3 Å². The van der Waals surface area contributed by atoms with Gasteiger partial charge >= 0.3 is 6.18 Å². The standard InChI is InChI=1S/C26H28F3N5O/c1-34(2)24-21-8-3-4-9-22(21)32-25(33-24)31-20-13-11-19(12-14-20)30-23(35)15-10-17-6-5-7-18(16-17)26(27,28)29/h3-10,15-16,19-20H,11-14H2,1-2H3,(H,30,35)(H,31,32,33)/b15-10+. The van der Waals surface area contributed by atoms with Crippen molar-refractivity contribution in [3.63, 3.8) is 0 Å². The summed E-state index contributed by atoms with van der Waals surface area (Å²) >= 11 is 0. The molecule has 1 aliphatic rings. The molecule has 0 aliphatic heterocycles. The lowest BCUT2D eigenvalue weighted by atomic mass is 9.91. The predicted molar refractivity (Wildman–Crippen MR) is 132 cm³/mol. The second kappa shape index (κ2) is 10.3. The zero-order valence-corrected chi connectivity index (χ0v) is 19.6. The first-order valence-electron chi connectivity index (χ1n) is 11.6. The fourth-order valence-electron chi connectivity index (χ4n) is 4.27. The van der Waals surface area contributed by atoms with E-state index >= 15 is 0 Å². The van der Waals surface area contributed by atoms with Crippen molar-refractivity contribution in [1.29, 1.82) is 0 Å². The maximum atomic E-state index is 12.9. The zero-order valence-electron chi connectivity index (χ0n) is 19.6. The number of nitrogens with zero attached hydrogens (tertiary/aromatic N) is 3. The average molecular weight is 484 g/mol. The lowest BCUT2D eigenvalue weighted by molar-refractivity contribution is -0.137. The highest BCUT2D eigenvalue weighted by Gasteiger charge is 2.30. The van der Waals surface area contributed by atoms with E-state index in [-0.39, 0.29) is 18.0 Å². The number of benzene rings is 2. The van der Waals surface area contributed by atoms with Gasteiger partial charge in [0.15, 0.2) is 0 Å². The molecule has 0 bridgehead atoms. The van der Waals surface area contributed by atoms with Gasteiger partial charge < -0.3 is 15.5 Å². The molecule has 0 atom stereocenters. The van der Waals surface area contributed by atoms with Crippen LogP contribution in [0.4, 0.5) is 24.9 Å². The first-order valence-corrected chi connectivity index (χ1v) is 11.6. The molecular weight excluding hydrogens is 455 g/mol. The Bertz CT molecular complexity index is 1220. The van der Waals surface area contributed by atoms with Gasteiger partial charge in [0.2, 0.25) is 11.9 Å². The maximum absolute atomic E-state index is 12.9. The molecule has 35 heavy (non-hydrogen) atoms. The monoisotopic (exact) mass is 483 g/mol. The lowest BCUT2D eigenvalue weighted by Gasteiger charge is -2.29. The maximum Gasteiger partial charge on any atom is 0.416 e. The van der Waals surface area contributed by atoms with Crippen LogP contribution in [0, 0.1) is 0 Å². The predicted octanol–water partition coefficient (Wildman–Crippen LogP) is 5.27. The normalized spacial score (nSPS) is 18.5. The lowest BCUT2D eigenvalue weighted by Crippen LogP contribution is -2.39. The van der Waals surface area contributed by atoms with Crippen molar-refractivity contribution in [1.82, 2.24) is 15.3 Å². The van der Waals surface area contributed by atoms with Crippen LogP contribution >= 0.6 is 0 Å². The molecule has 0 saturated heterocycles. The molecule has 1 saturated carbocycles. The quantitative estimate of drug-likeness (QED) is 0.468. The Hall–Kier alpha value is -3.62. The highest BCUT2D eigenvalue weighted by atomic mass is 19.4. The van der Waals surface area contributed by atoms with Gasteiger partial charge in [0.1, 0.15) is 5.82 Å². The SMILES string of the molecule is CN(C)c1nc(NC2CCC(NC(=O)/C=C/c3cccc(C(F)(F)F)c3)CC2)nc2ccccc12. The number of anilines is 2. The number of rotatable bonds is 6. The smallest absolute Gasteiger partial charge is 0.362 e. The van der Waals surface area contributed by atoms with Gasteiger partial charge in [-0.3, -0.25) is 4.79 Å². The number of para-hydroxylation sites is 1. The topological polar surface area (TPSA) is 70.2 Å². The molecule has 1 aromatic heterocycles. The first kappa shape index (κ1) is 24.5. The Kier molecular flexibility index (Phi) is 7.23. The number of halogens is 3. The minimum atomic E-state index is -4.41. The number of carbonyl (C=O) groups is 1. The van der Waals surface area contributed by atoms with Gasteiger partial charge in [-0.15, -0.1) is 0 Å². The van der Waals surface area contributed by atoms with Gasteiger partial charge in [0.05, 0.1) is 11.1 Å². The summed E-state index contributed by atoms with van der Waals surface area (Å²) in [5.74, 6) is 1.13. The number of carbonyl (C=O) groups excluding carboxylic acids is 1. The Balaban J connectivity index is 1.31. The average Bonchev–Trinajstić information content (AvgIpc) is 2.83. The van der Waals surface area contributed by atoms with E-state index in [1.807, 2.05) is 43.3 Å². The number of hydrogen-bond donors (Lipinski definition) is 2. The van der Waals surface area contributed by atoms with Crippen molar-refractivity contribution in [2.45, 2.75) is 43.9 Å². The third kappa shape index (κ3) is 6.29. The van der Waals surface area contributed by atoms with Gasteiger partial charge in [0, 0.05) is 37.6 Å². The molecular formula is C26H28F3N5O.